The fraction of sp³-hybridized carbons (Fsp3) is 0.391. The van der Waals surface area contributed by atoms with E-state index < -0.39 is 0 Å². The number of ether oxygens (including phenoxy) is 3. The van der Waals surface area contributed by atoms with Crippen LogP contribution < -0.4 is 24.4 Å². The maximum atomic E-state index is 13.0. The van der Waals surface area contributed by atoms with Crippen LogP contribution in [0.2, 0.25) is 0 Å². The molecule has 0 bridgehead atoms. The fourth-order valence-electron chi connectivity index (χ4n) is 3.74. The zero-order valence-corrected chi connectivity index (χ0v) is 17.2. The zero-order chi connectivity index (χ0) is 21.1. The van der Waals surface area contributed by atoms with E-state index in [0.29, 0.717) is 42.8 Å². The number of benzene rings is 2. The van der Waals surface area contributed by atoms with Crippen LogP contribution in [0, 0.1) is 5.92 Å². The summed E-state index contributed by atoms with van der Waals surface area (Å²) < 4.78 is 16.9. The first-order valence-electron chi connectivity index (χ1n) is 10.2. The average Bonchev–Trinajstić information content (AvgIpc) is 2.90. The van der Waals surface area contributed by atoms with Crippen LogP contribution in [0.15, 0.2) is 42.5 Å². The predicted octanol–water partition coefficient (Wildman–Crippen LogP) is 3.09. The van der Waals surface area contributed by atoms with Crippen LogP contribution in [0.25, 0.3) is 0 Å². The van der Waals surface area contributed by atoms with Gasteiger partial charge in [0.1, 0.15) is 25.5 Å². The molecule has 0 saturated carbocycles. The summed E-state index contributed by atoms with van der Waals surface area (Å²) in [6.07, 6.45) is 0.234. The lowest BCUT2D eigenvalue weighted by Crippen LogP contribution is -2.42. The SMILES string of the molecule is CC(C)[C@@H](NC(=O)CN1C(=O)CCOc2ccccc21)c1ccc2c(c1)OCCO2. The number of hydrogen-bond donors (Lipinski definition) is 1. The molecule has 1 atom stereocenters. The number of carbonyl (C=O) groups is 2. The van der Waals surface area contributed by atoms with Crippen molar-refractivity contribution in [3.8, 4) is 17.2 Å². The minimum absolute atomic E-state index is 0.0625. The van der Waals surface area contributed by atoms with Gasteiger partial charge in [-0.25, -0.2) is 0 Å². The van der Waals surface area contributed by atoms with Gasteiger partial charge in [0.25, 0.3) is 0 Å². The van der Waals surface area contributed by atoms with Gasteiger partial charge in [-0.3, -0.25) is 14.5 Å². The Morgan fingerprint density at radius 1 is 1.00 bits per heavy atom. The zero-order valence-electron chi connectivity index (χ0n) is 17.2. The van der Waals surface area contributed by atoms with Gasteiger partial charge in [-0.15, -0.1) is 0 Å². The van der Waals surface area contributed by atoms with Crippen LogP contribution in [0.1, 0.15) is 31.9 Å². The highest BCUT2D eigenvalue weighted by molar-refractivity contribution is 6.00. The molecule has 0 spiro atoms. The van der Waals surface area contributed by atoms with E-state index in [-0.39, 0.29) is 36.7 Å². The Hall–Kier alpha value is -3.22. The Balaban J connectivity index is 1.52. The Morgan fingerprint density at radius 2 is 1.73 bits per heavy atom. The van der Waals surface area contributed by atoms with Crippen LogP contribution >= 0.6 is 0 Å². The second kappa shape index (κ2) is 8.65. The molecule has 30 heavy (non-hydrogen) atoms. The summed E-state index contributed by atoms with van der Waals surface area (Å²) in [4.78, 5) is 27.1. The van der Waals surface area contributed by atoms with Gasteiger partial charge >= 0.3 is 0 Å². The minimum atomic E-state index is -0.228. The van der Waals surface area contributed by atoms with E-state index in [2.05, 4.69) is 5.32 Å². The lowest BCUT2D eigenvalue weighted by Gasteiger charge is -2.27. The number of amides is 2. The molecule has 0 fully saturated rings. The molecule has 2 aliphatic heterocycles. The van der Waals surface area contributed by atoms with E-state index in [1.54, 1.807) is 6.07 Å². The van der Waals surface area contributed by atoms with Gasteiger partial charge in [-0.2, -0.15) is 0 Å². The molecule has 7 heteroatoms. The van der Waals surface area contributed by atoms with Crippen molar-refractivity contribution in [2.45, 2.75) is 26.3 Å². The lowest BCUT2D eigenvalue weighted by molar-refractivity contribution is -0.124. The molecule has 2 aromatic rings. The molecule has 158 valence electrons. The maximum Gasteiger partial charge on any atom is 0.240 e. The summed E-state index contributed by atoms with van der Waals surface area (Å²) in [5.74, 6) is 1.80. The highest BCUT2D eigenvalue weighted by Crippen LogP contribution is 2.35. The Bertz CT molecular complexity index is 943. The normalized spacial score (nSPS) is 16.4. The lowest BCUT2D eigenvalue weighted by atomic mass is 9.95. The summed E-state index contributed by atoms with van der Waals surface area (Å²) in [6, 6.07) is 12.8. The van der Waals surface area contributed by atoms with Gasteiger partial charge in [0.15, 0.2) is 11.5 Å². The van der Waals surface area contributed by atoms with E-state index in [1.807, 2.05) is 50.2 Å². The number of nitrogens with one attached hydrogen (secondary N) is 1. The summed E-state index contributed by atoms with van der Waals surface area (Å²) in [5, 5.41) is 3.09. The quantitative estimate of drug-likeness (QED) is 0.820. The summed E-state index contributed by atoms with van der Waals surface area (Å²) >= 11 is 0. The van der Waals surface area contributed by atoms with Gasteiger partial charge in [0, 0.05) is 0 Å². The van der Waals surface area contributed by atoms with Crippen LogP contribution in [-0.4, -0.2) is 38.2 Å². The van der Waals surface area contributed by atoms with E-state index in [4.69, 9.17) is 14.2 Å². The van der Waals surface area contributed by atoms with E-state index in [0.717, 1.165) is 5.56 Å². The minimum Gasteiger partial charge on any atom is -0.491 e. The molecule has 1 N–H and O–H groups in total. The van der Waals surface area contributed by atoms with Crippen molar-refractivity contribution in [3.63, 3.8) is 0 Å². The van der Waals surface area contributed by atoms with E-state index >= 15 is 0 Å². The highest BCUT2D eigenvalue weighted by Gasteiger charge is 2.27. The number of para-hydroxylation sites is 2. The molecular formula is C23H26N2O5. The molecule has 0 aromatic heterocycles. The van der Waals surface area contributed by atoms with Crippen LogP contribution in [0.3, 0.4) is 0 Å². The first-order chi connectivity index (χ1) is 14.5. The molecule has 0 saturated heterocycles. The first kappa shape index (κ1) is 20.1. The molecule has 0 unspecified atom stereocenters. The van der Waals surface area contributed by atoms with Gasteiger partial charge < -0.3 is 19.5 Å². The monoisotopic (exact) mass is 410 g/mol. The van der Waals surface area contributed by atoms with Crippen molar-refractivity contribution in [2.24, 2.45) is 5.92 Å². The van der Waals surface area contributed by atoms with Crippen molar-refractivity contribution < 1.29 is 23.8 Å². The second-order valence-electron chi connectivity index (χ2n) is 7.74. The van der Waals surface area contributed by atoms with Gasteiger partial charge in [0.05, 0.1) is 24.8 Å². The van der Waals surface area contributed by atoms with Gasteiger partial charge in [-0.05, 0) is 35.7 Å². The molecule has 0 aliphatic carbocycles. The first-order valence-corrected chi connectivity index (χ1v) is 10.2. The second-order valence-corrected chi connectivity index (χ2v) is 7.74. The number of carbonyl (C=O) groups excluding carboxylic acids is 2. The third-order valence-electron chi connectivity index (χ3n) is 5.24. The summed E-state index contributed by atoms with van der Waals surface area (Å²) in [6.45, 7) is 5.37. The molecular weight excluding hydrogens is 384 g/mol. The van der Waals surface area contributed by atoms with Crippen molar-refractivity contribution in [2.75, 3.05) is 31.3 Å². The number of fused-ring (bicyclic) bond motifs is 2. The van der Waals surface area contributed by atoms with Crippen LogP contribution in [-0.2, 0) is 9.59 Å². The smallest absolute Gasteiger partial charge is 0.240 e. The third kappa shape index (κ3) is 4.20. The molecule has 2 amide bonds. The van der Waals surface area contributed by atoms with Crippen molar-refractivity contribution in [1.82, 2.24) is 5.32 Å². The molecule has 2 aromatic carbocycles. The van der Waals surface area contributed by atoms with Crippen LogP contribution in [0.4, 0.5) is 5.69 Å². The number of nitrogens with zero attached hydrogens (tertiary/aromatic N) is 1. The number of rotatable bonds is 5. The molecule has 4 rings (SSSR count). The summed E-state index contributed by atoms with van der Waals surface area (Å²) in [7, 11) is 0. The third-order valence-corrected chi connectivity index (χ3v) is 5.24. The highest BCUT2D eigenvalue weighted by atomic mass is 16.6. The molecule has 2 heterocycles. The van der Waals surface area contributed by atoms with Crippen molar-refractivity contribution in [1.29, 1.82) is 0 Å². The Labute approximate surface area is 175 Å². The largest absolute Gasteiger partial charge is 0.491 e. The van der Waals surface area contributed by atoms with E-state index in [9.17, 15) is 9.59 Å². The van der Waals surface area contributed by atoms with Crippen molar-refractivity contribution in [3.05, 3.63) is 48.0 Å². The van der Waals surface area contributed by atoms with Gasteiger partial charge in [0.2, 0.25) is 11.8 Å². The van der Waals surface area contributed by atoms with Crippen LogP contribution in [0.5, 0.6) is 17.2 Å². The standard InChI is InChI=1S/C23H26N2O5/c1-15(2)23(16-7-8-19-20(13-16)30-12-11-29-19)24-21(26)14-25-17-5-3-4-6-18(17)28-10-9-22(25)27/h3-8,13,15,23H,9-12,14H2,1-2H3,(H,24,26)/t23-/m1/s1. The molecule has 2 aliphatic rings. The fourth-order valence-corrected chi connectivity index (χ4v) is 3.74. The van der Waals surface area contributed by atoms with Crippen molar-refractivity contribution >= 4 is 17.5 Å². The maximum absolute atomic E-state index is 13.0. The Morgan fingerprint density at radius 3 is 2.53 bits per heavy atom. The number of anilines is 1. The van der Waals surface area contributed by atoms with Gasteiger partial charge in [-0.1, -0.05) is 32.0 Å². The molecule has 7 nitrogen and oxygen atoms in total. The predicted molar refractivity (Wildman–Crippen MR) is 112 cm³/mol. The number of hydrogen-bond acceptors (Lipinski definition) is 5. The summed E-state index contributed by atoms with van der Waals surface area (Å²) in [5.41, 5.74) is 1.56. The average molecular weight is 410 g/mol. The Kier molecular flexibility index (Phi) is 5.79. The molecule has 0 radical (unpaired) electrons. The topological polar surface area (TPSA) is 77.1 Å². The van der Waals surface area contributed by atoms with E-state index in [1.165, 1.54) is 4.90 Å².